The standard InChI is InChI=1S/C10H10N4O4S/c1-18-10(15)8-4-11-6-12-9(8)14-5-7(3-13-14)19(2,16)17/h3-6H,1-2H3. The van der Waals surface area contributed by atoms with Crippen molar-refractivity contribution >= 4 is 15.8 Å². The molecule has 9 heteroatoms. The van der Waals surface area contributed by atoms with Gasteiger partial charge < -0.3 is 4.74 Å². The van der Waals surface area contributed by atoms with Crippen LogP contribution in [0.1, 0.15) is 10.4 Å². The first-order chi connectivity index (χ1) is 8.93. The van der Waals surface area contributed by atoms with E-state index in [-0.39, 0.29) is 16.3 Å². The second-order valence-corrected chi connectivity index (χ2v) is 5.66. The van der Waals surface area contributed by atoms with Gasteiger partial charge >= 0.3 is 5.97 Å². The van der Waals surface area contributed by atoms with E-state index in [0.29, 0.717) is 0 Å². The minimum atomic E-state index is -3.37. The molecule has 0 aliphatic heterocycles. The van der Waals surface area contributed by atoms with E-state index < -0.39 is 15.8 Å². The van der Waals surface area contributed by atoms with E-state index in [4.69, 9.17) is 0 Å². The van der Waals surface area contributed by atoms with Crippen LogP contribution in [0.25, 0.3) is 5.82 Å². The van der Waals surface area contributed by atoms with E-state index in [2.05, 4.69) is 19.8 Å². The number of ether oxygens (including phenoxy) is 1. The number of carbonyl (C=O) groups is 1. The van der Waals surface area contributed by atoms with Gasteiger partial charge in [-0.05, 0) is 0 Å². The molecule has 0 atom stereocenters. The van der Waals surface area contributed by atoms with Crippen LogP contribution in [0.3, 0.4) is 0 Å². The van der Waals surface area contributed by atoms with Crippen molar-refractivity contribution in [3.05, 3.63) is 30.5 Å². The minimum Gasteiger partial charge on any atom is -0.465 e. The van der Waals surface area contributed by atoms with Gasteiger partial charge in [0.05, 0.1) is 19.5 Å². The molecule has 0 spiro atoms. The van der Waals surface area contributed by atoms with Crippen LogP contribution >= 0.6 is 0 Å². The van der Waals surface area contributed by atoms with Crippen molar-refractivity contribution in [1.82, 2.24) is 19.7 Å². The Labute approximate surface area is 109 Å². The lowest BCUT2D eigenvalue weighted by molar-refractivity contribution is 0.0599. The zero-order valence-electron chi connectivity index (χ0n) is 10.1. The van der Waals surface area contributed by atoms with Crippen molar-refractivity contribution in [3.8, 4) is 5.82 Å². The molecule has 0 aliphatic carbocycles. The number of rotatable bonds is 3. The molecule has 100 valence electrons. The zero-order chi connectivity index (χ0) is 14.0. The summed E-state index contributed by atoms with van der Waals surface area (Å²) in [6.45, 7) is 0. The van der Waals surface area contributed by atoms with Crippen molar-refractivity contribution < 1.29 is 17.9 Å². The molecule has 0 radical (unpaired) electrons. The van der Waals surface area contributed by atoms with Gasteiger partial charge in [0.15, 0.2) is 15.7 Å². The summed E-state index contributed by atoms with van der Waals surface area (Å²) in [6.07, 6.45) is 6.01. The lowest BCUT2D eigenvalue weighted by atomic mass is 10.3. The number of aromatic nitrogens is 4. The lowest BCUT2D eigenvalue weighted by Gasteiger charge is -2.05. The largest absolute Gasteiger partial charge is 0.465 e. The third-order valence-corrected chi connectivity index (χ3v) is 3.37. The monoisotopic (exact) mass is 282 g/mol. The van der Waals surface area contributed by atoms with E-state index in [1.165, 1.54) is 36.7 Å². The Balaban J connectivity index is 2.54. The van der Waals surface area contributed by atoms with Crippen LogP contribution in [0.4, 0.5) is 0 Å². The van der Waals surface area contributed by atoms with Crippen LogP contribution in [0.2, 0.25) is 0 Å². The predicted molar refractivity (Wildman–Crippen MR) is 63.6 cm³/mol. The number of carbonyl (C=O) groups excluding carboxylic acids is 1. The van der Waals surface area contributed by atoms with Gasteiger partial charge in [0, 0.05) is 12.5 Å². The first-order valence-electron chi connectivity index (χ1n) is 5.07. The Morgan fingerprint density at radius 3 is 2.68 bits per heavy atom. The summed E-state index contributed by atoms with van der Waals surface area (Å²) in [6, 6.07) is 0. The van der Waals surface area contributed by atoms with Gasteiger partial charge in [-0.2, -0.15) is 5.10 Å². The Hall–Kier alpha value is -2.29. The van der Waals surface area contributed by atoms with Crippen LogP contribution in [-0.4, -0.2) is 47.5 Å². The minimum absolute atomic E-state index is 0.0296. The topological polar surface area (TPSA) is 104 Å². The van der Waals surface area contributed by atoms with Crippen LogP contribution < -0.4 is 0 Å². The summed E-state index contributed by atoms with van der Waals surface area (Å²) < 4.78 is 28.5. The molecule has 2 aromatic heterocycles. The molecule has 0 fully saturated rings. The van der Waals surface area contributed by atoms with E-state index in [1.54, 1.807) is 0 Å². The molecule has 0 saturated heterocycles. The summed E-state index contributed by atoms with van der Waals surface area (Å²) in [4.78, 5) is 19.2. The predicted octanol–water partition coefficient (Wildman–Crippen LogP) is -0.148. The van der Waals surface area contributed by atoms with Crippen molar-refractivity contribution in [2.24, 2.45) is 0 Å². The van der Waals surface area contributed by atoms with Gasteiger partial charge in [0.25, 0.3) is 0 Å². The van der Waals surface area contributed by atoms with E-state index in [9.17, 15) is 13.2 Å². The SMILES string of the molecule is COC(=O)c1cncnc1-n1cc(S(C)(=O)=O)cn1. The molecule has 0 amide bonds. The number of hydrogen-bond acceptors (Lipinski definition) is 7. The van der Waals surface area contributed by atoms with Gasteiger partial charge in [-0.15, -0.1) is 0 Å². The highest BCUT2D eigenvalue weighted by Crippen LogP contribution is 2.14. The van der Waals surface area contributed by atoms with E-state index >= 15 is 0 Å². The molecule has 2 aromatic rings. The number of hydrogen-bond donors (Lipinski definition) is 0. The Morgan fingerprint density at radius 2 is 2.11 bits per heavy atom. The van der Waals surface area contributed by atoms with Crippen molar-refractivity contribution in [3.63, 3.8) is 0 Å². The molecule has 0 N–H and O–H groups in total. The van der Waals surface area contributed by atoms with Crippen molar-refractivity contribution in [2.75, 3.05) is 13.4 Å². The van der Waals surface area contributed by atoms with Gasteiger partial charge in [0.1, 0.15) is 16.8 Å². The zero-order valence-corrected chi connectivity index (χ0v) is 11.0. The molecule has 19 heavy (non-hydrogen) atoms. The molecular weight excluding hydrogens is 272 g/mol. The highest BCUT2D eigenvalue weighted by Gasteiger charge is 2.17. The smallest absolute Gasteiger partial charge is 0.343 e. The van der Waals surface area contributed by atoms with Crippen LogP contribution in [0.15, 0.2) is 29.8 Å². The number of esters is 1. The quantitative estimate of drug-likeness (QED) is 0.721. The summed E-state index contributed by atoms with van der Waals surface area (Å²) in [5, 5.41) is 3.87. The van der Waals surface area contributed by atoms with Crippen LogP contribution in [-0.2, 0) is 14.6 Å². The Kier molecular flexibility index (Phi) is 3.30. The molecule has 0 bridgehead atoms. The second kappa shape index (κ2) is 4.76. The van der Waals surface area contributed by atoms with Crippen molar-refractivity contribution in [1.29, 1.82) is 0 Å². The van der Waals surface area contributed by atoms with Crippen LogP contribution in [0, 0.1) is 0 Å². The third kappa shape index (κ3) is 2.60. The van der Waals surface area contributed by atoms with E-state index in [1.807, 2.05) is 0 Å². The second-order valence-electron chi connectivity index (χ2n) is 3.64. The lowest BCUT2D eigenvalue weighted by Crippen LogP contribution is -2.10. The van der Waals surface area contributed by atoms with Gasteiger partial charge in [0.2, 0.25) is 0 Å². The molecule has 8 nitrogen and oxygen atoms in total. The Morgan fingerprint density at radius 1 is 1.37 bits per heavy atom. The number of sulfone groups is 1. The summed E-state index contributed by atoms with van der Waals surface area (Å²) in [5.41, 5.74) is 0.0909. The fourth-order valence-corrected chi connectivity index (χ4v) is 1.90. The van der Waals surface area contributed by atoms with Gasteiger partial charge in [-0.25, -0.2) is 27.9 Å². The van der Waals surface area contributed by atoms with Gasteiger partial charge in [-0.1, -0.05) is 0 Å². The molecular formula is C10H10N4O4S. The van der Waals surface area contributed by atoms with Crippen molar-refractivity contribution in [2.45, 2.75) is 4.90 Å². The summed E-state index contributed by atoms with van der Waals surface area (Å²) in [5.74, 6) is -0.483. The van der Waals surface area contributed by atoms with Crippen LogP contribution in [0.5, 0.6) is 0 Å². The fraction of sp³-hybridized carbons (Fsp3) is 0.200. The molecule has 0 aromatic carbocycles. The maximum atomic E-state index is 11.5. The maximum absolute atomic E-state index is 11.5. The normalized spacial score (nSPS) is 11.3. The fourth-order valence-electron chi connectivity index (χ4n) is 1.37. The first-order valence-corrected chi connectivity index (χ1v) is 6.96. The average Bonchev–Trinajstić information content (AvgIpc) is 2.87. The number of nitrogens with zero attached hydrogens (tertiary/aromatic N) is 4. The highest BCUT2D eigenvalue weighted by atomic mass is 32.2. The molecule has 0 unspecified atom stereocenters. The highest BCUT2D eigenvalue weighted by molar-refractivity contribution is 7.90. The third-order valence-electron chi connectivity index (χ3n) is 2.30. The molecule has 0 aliphatic rings. The maximum Gasteiger partial charge on any atom is 0.343 e. The first kappa shape index (κ1) is 13.1. The summed E-state index contributed by atoms with van der Waals surface area (Å²) >= 11 is 0. The summed E-state index contributed by atoms with van der Waals surface area (Å²) in [7, 11) is -2.15. The molecule has 2 rings (SSSR count). The van der Waals surface area contributed by atoms with E-state index in [0.717, 1.165) is 6.26 Å². The number of methoxy groups -OCH3 is 1. The van der Waals surface area contributed by atoms with Gasteiger partial charge in [-0.3, -0.25) is 0 Å². The average molecular weight is 282 g/mol. The molecule has 0 saturated carbocycles. The Bertz CT molecular complexity index is 723. The molecule has 2 heterocycles.